The fourth-order valence-electron chi connectivity index (χ4n) is 4.21. The van der Waals surface area contributed by atoms with Gasteiger partial charge < -0.3 is 18.9 Å². The van der Waals surface area contributed by atoms with Crippen molar-refractivity contribution in [2.24, 2.45) is 0 Å². The number of aromatic nitrogens is 1. The second kappa shape index (κ2) is 9.32. The zero-order chi connectivity index (χ0) is 23.5. The van der Waals surface area contributed by atoms with Crippen LogP contribution in [0.15, 0.2) is 60.7 Å². The molecular formula is C26H25FN2O4. The molecule has 0 N–H and O–H groups in total. The molecule has 4 rings (SSSR count). The fourth-order valence-corrected chi connectivity index (χ4v) is 4.21. The minimum Gasteiger partial charge on any atom is -0.461 e. The Labute approximate surface area is 191 Å². The van der Waals surface area contributed by atoms with Crippen molar-refractivity contribution in [2.45, 2.75) is 20.0 Å². The molecule has 0 saturated carbocycles. The van der Waals surface area contributed by atoms with Crippen LogP contribution in [-0.4, -0.2) is 42.3 Å². The number of rotatable bonds is 6. The van der Waals surface area contributed by atoms with E-state index in [9.17, 15) is 14.0 Å². The van der Waals surface area contributed by atoms with Crippen LogP contribution in [0.4, 0.5) is 9.18 Å². The molecule has 0 saturated heterocycles. The average molecular weight is 448 g/mol. The molecule has 0 aliphatic rings. The van der Waals surface area contributed by atoms with E-state index in [-0.39, 0.29) is 19.0 Å². The number of ether oxygens (including phenoxy) is 2. The lowest BCUT2D eigenvalue weighted by atomic mass is 10.0. The molecule has 0 atom stereocenters. The standard InChI is InChI=1S/C26H25FN2O4/c1-4-33-25(30)24-22(16-28(2)26(31)32-3)20-10-5-6-11-23(20)29(24)15-18-9-7-8-17-12-13-19(27)14-21(17)18/h5-14H,4,15-16H2,1-3H3. The molecule has 33 heavy (non-hydrogen) atoms. The average Bonchev–Trinajstić information content (AvgIpc) is 3.12. The molecular weight excluding hydrogens is 423 g/mol. The van der Waals surface area contributed by atoms with E-state index in [4.69, 9.17) is 9.47 Å². The highest BCUT2D eigenvalue weighted by atomic mass is 19.1. The van der Waals surface area contributed by atoms with E-state index < -0.39 is 12.1 Å². The number of halogens is 1. The van der Waals surface area contributed by atoms with E-state index in [2.05, 4.69) is 0 Å². The number of para-hydroxylation sites is 1. The maximum atomic E-state index is 14.0. The summed E-state index contributed by atoms with van der Waals surface area (Å²) in [6.07, 6.45) is -0.508. The van der Waals surface area contributed by atoms with E-state index >= 15 is 0 Å². The van der Waals surface area contributed by atoms with Crippen LogP contribution in [0.2, 0.25) is 0 Å². The maximum Gasteiger partial charge on any atom is 0.409 e. The van der Waals surface area contributed by atoms with E-state index in [0.29, 0.717) is 17.8 Å². The Morgan fingerprint density at radius 3 is 2.58 bits per heavy atom. The highest BCUT2D eigenvalue weighted by molar-refractivity contribution is 5.99. The molecule has 0 fully saturated rings. The summed E-state index contributed by atoms with van der Waals surface area (Å²) in [6.45, 7) is 2.46. The summed E-state index contributed by atoms with van der Waals surface area (Å²) in [4.78, 5) is 26.6. The fraction of sp³-hybridized carbons (Fsp3) is 0.231. The molecule has 0 aliphatic heterocycles. The third-order valence-corrected chi connectivity index (χ3v) is 5.69. The Balaban J connectivity index is 1.93. The Bertz CT molecular complexity index is 1350. The summed E-state index contributed by atoms with van der Waals surface area (Å²) in [5.41, 5.74) is 2.72. The Morgan fingerprint density at radius 2 is 1.82 bits per heavy atom. The first-order valence-corrected chi connectivity index (χ1v) is 10.7. The van der Waals surface area contributed by atoms with Gasteiger partial charge in [-0.05, 0) is 41.5 Å². The van der Waals surface area contributed by atoms with Gasteiger partial charge in [-0.15, -0.1) is 0 Å². The van der Waals surface area contributed by atoms with Crippen LogP contribution in [-0.2, 0) is 22.6 Å². The van der Waals surface area contributed by atoms with Crippen molar-refractivity contribution in [3.63, 3.8) is 0 Å². The number of carbonyl (C=O) groups is 2. The maximum absolute atomic E-state index is 14.0. The highest BCUT2D eigenvalue weighted by Crippen LogP contribution is 2.31. The normalized spacial score (nSPS) is 11.0. The summed E-state index contributed by atoms with van der Waals surface area (Å²) < 4.78 is 26.2. The molecule has 7 heteroatoms. The summed E-state index contributed by atoms with van der Waals surface area (Å²) in [6, 6.07) is 18.1. The number of nitrogens with zero attached hydrogens (tertiary/aromatic N) is 2. The van der Waals surface area contributed by atoms with Crippen LogP contribution in [0, 0.1) is 5.82 Å². The number of esters is 1. The number of hydrogen-bond donors (Lipinski definition) is 0. The first-order chi connectivity index (χ1) is 15.9. The highest BCUT2D eigenvalue weighted by Gasteiger charge is 2.26. The zero-order valence-electron chi connectivity index (χ0n) is 18.8. The summed E-state index contributed by atoms with van der Waals surface area (Å²) >= 11 is 0. The SMILES string of the molecule is CCOC(=O)c1c(CN(C)C(=O)OC)c2ccccc2n1Cc1cccc2ccc(F)cc12. The van der Waals surface area contributed by atoms with Gasteiger partial charge in [-0.25, -0.2) is 14.0 Å². The van der Waals surface area contributed by atoms with Crippen molar-refractivity contribution in [2.75, 3.05) is 20.8 Å². The number of fused-ring (bicyclic) bond motifs is 2. The van der Waals surface area contributed by atoms with Crippen LogP contribution in [0.3, 0.4) is 0 Å². The van der Waals surface area contributed by atoms with Crippen LogP contribution >= 0.6 is 0 Å². The Morgan fingerprint density at radius 1 is 1.03 bits per heavy atom. The van der Waals surface area contributed by atoms with Crippen molar-refractivity contribution in [3.05, 3.63) is 83.3 Å². The topological polar surface area (TPSA) is 60.8 Å². The first-order valence-electron chi connectivity index (χ1n) is 10.7. The molecule has 1 amide bonds. The predicted octanol–water partition coefficient (Wildman–Crippen LogP) is 5.36. The minimum atomic E-state index is -0.508. The lowest BCUT2D eigenvalue weighted by Gasteiger charge is -2.17. The molecule has 1 heterocycles. The molecule has 0 radical (unpaired) electrons. The molecule has 6 nitrogen and oxygen atoms in total. The van der Waals surface area contributed by atoms with Crippen molar-refractivity contribution >= 4 is 33.7 Å². The zero-order valence-corrected chi connectivity index (χ0v) is 18.8. The van der Waals surface area contributed by atoms with Crippen molar-refractivity contribution in [1.29, 1.82) is 0 Å². The first kappa shape index (κ1) is 22.3. The second-order valence-electron chi connectivity index (χ2n) is 7.76. The van der Waals surface area contributed by atoms with E-state index in [0.717, 1.165) is 27.2 Å². The summed E-state index contributed by atoms with van der Waals surface area (Å²) in [5, 5.41) is 2.52. The number of amides is 1. The van der Waals surface area contributed by atoms with Gasteiger partial charge in [-0.3, -0.25) is 0 Å². The molecule has 4 aromatic rings. The lowest BCUT2D eigenvalue weighted by molar-refractivity contribution is 0.0512. The van der Waals surface area contributed by atoms with Gasteiger partial charge in [0.05, 0.1) is 20.3 Å². The molecule has 0 aliphatic carbocycles. The third-order valence-electron chi connectivity index (χ3n) is 5.69. The quantitative estimate of drug-likeness (QED) is 0.373. The molecule has 3 aromatic carbocycles. The molecule has 170 valence electrons. The van der Waals surface area contributed by atoms with Gasteiger partial charge in [0.2, 0.25) is 0 Å². The molecule has 1 aromatic heterocycles. The van der Waals surface area contributed by atoms with Gasteiger partial charge in [0.1, 0.15) is 11.5 Å². The predicted molar refractivity (Wildman–Crippen MR) is 125 cm³/mol. The number of methoxy groups -OCH3 is 1. The molecule has 0 unspecified atom stereocenters. The van der Waals surface area contributed by atoms with Gasteiger partial charge in [0, 0.05) is 30.1 Å². The summed E-state index contributed by atoms with van der Waals surface area (Å²) in [7, 11) is 2.92. The van der Waals surface area contributed by atoms with Gasteiger partial charge >= 0.3 is 12.1 Å². The third kappa shape index (κ3) is 4.26. The number of hydrogen-bond acceptors (Lipinski definition) is 4. The van der Waals surface area contributed by atoms with Crippen LogP contribution < -0.4 is 0 Å². The Kier molecular flexibility index (Phi) is 6.31. The molecule has 0 spiro atoms. The van der Waals surface area contributed by atoms with Crippen LogP contribution in [0.1, 0.15) is 28.5 Å². The van der Waals surface area contributed by atoms with E-state index in [1.807, 2.05) is 47.0 Å². The minimum absolute atomic E-state index is 0.165. The van der Waals surface area contributed by atoms with Crippen molar-refractivity contribution in [1.82, 2.24) is 9.47 Å². The van der Waals surface area contributed by atoms with Crippen LogP contribution in [0.5, 0.6) is 0 Å². The van der Waals surface area contributed by atoms with Crippen LogP contribution in [0.25, 0.3) is 21.7 Å². The monoisotopic (exact) mass is 448 g/mol. The summed E-state index contributed by atoms with van der Waals surface area (Å²) in [5.74, 6) is -0.799. The number of benzene rings is 3. The largest absolute Gasteiger partial charge is 0.461 e. The second-order valence-corrected chi connectivity index (χ2v) is 7.76. The Hall–Kier alpha value is -3.87. The van der Waals surface area contributed by atoms with Gasteiger partial charge in [0.25, 0.3) is 0 Å². The number of carbonyl (C=O) groups excluding carboxylic acids is 2. The van der Waals surface area contributed by atoms with Crippen molar-refractivity contribution < 1.29 is 23.5 Å². The van der Waals surface area contributed by atoms with Gasteiger partial charge in [-0.1, -0.05) is 42.5 Å². The van der Waals surface area contributed by atoms with E-state index in [1.54, 1.807) is 20.0 Å². The van der Waals surface area contributed by atoms with E-state index in [1.165, 1.54) is 24.1 Å². The molecule has 0 bridgehead atoms. The lowest BCUT2D eigenvalue weighted by Crippen LogP contribution is -2.27. The van der Waals surface area contributed by atoms with Gasteiger partial charge in [-0.2, -0.15) is 0 Å². The van der Waals surface area contributed by atoms with Crippen molar-refractivity contribution in [3.8, 4) is 0 Å². The smallest absolute Gasteiger partial charge is 0.409 e. The van der Waals surface area contributed by atoms with Gasteiger partial charge in [0.15, 0.2) is 0 Å².